The number of imide groups is 1. The van der Waals surface area contributed by atoms with Crippen molar-refractivity contribution in [2.24, 2.45) is 0 Å². The van der Waals surface area contributed by atoms with Crippen molar-refractivity contribution < 1.29 is 28.3 Å². The average molecular weight is 818 g/mol. The van der Waals surface area contributed by atoms with E-state index in [1.54, 1.807) is 29.2 Å². The Kier molecular flexibility index (Phi) is 10.6. The molecule has 4 aliphatic rings. The first-order valence-corrected chi connectivity index (χ1v) is 20.9. The highest BCUT2D eigenvalue weighted by molar-refractivity contribution is 6.06. The number of para-hydroxylation sites is 1. The number of likely N-dealkylation sites (tertiary alicyclic amines) is 2. The number of fused-ring (bicyclic) bond motifs is 1. The molecule has 4 saturated heterocycles. The van der Waals surface area contributed by atoms with Gasteiger partial charge in [-0.3, -0.25) is 19.8 Å². The number of nitrogen functional groups attached to an aromatic ring is 1. The molecule has 4 N–H and O–H groups in total. The number of anilines is 3. The van der Waals surface area contributed by atoms with Gasteiger partial charge in [-0.15, -0.1) is 10.2 Å². The third kappa shape index (κ3) is 7.85. The molecule has 1 atom stereocenters. The first-order chi connectivity index (χ1) is 29.0. The lowest BCUT2D eigenvalue weighted by atomic mass is 9.89. The molecule has 9 rings (SSSR count). The van der Waals surface area contributed by atoms with Gasteiger partial charge in [0.05, 0.1) is 22.6 Å². The van der Waals surface area contributed by atoms with Crippen molar-refractivity contribution in [3.63, 3.8) is 0 Å². The molecule has 13 nitrogen and oxygen atoms in total. The molecule has 312 valence electrons. The minimum absolute atomic E-state index is 0.0844. The van der Waals surface area contributed by atoms with Gasteiger partial charge in [0.25, 0.3) is 5.91 Å². The number of aromatic nitrogens is 3. The molecule has 15 heteroatoms. The second kappa shape index (κ2) is 16.2. The van der Waals surface area contributed by atoms with Crippen LogP contribution in [0.1, 0.15) is 72.8 Å². The number of piperidine rings is 3. The minimum Gasteiger partial charge on any atom is -0.507 e. The van der Waals surface area contributed by atoms with Crippen LogP contribution in [0.5, 0.6) is 5.75 Å². The Morgan fingerprint density at radius 2 is 1.67 bits per heavy atom. The Labute approximate surface area is 346 Å². The number of carbonyl (C=O) groups excluding carboxylic acids is 3. The summed E-state index contributed by atoms with van der Waals surface area (Å²) in [6, 6.07) is 21.3. The van der Waals surface area contributed by atoms with E-state index in [1.807, 2.05) is 48.7 Å². The predicted octanol–water partition coefficient (Wildman–Crippen LogP) is 6.64. The van der Waals surface area contributed by atoms with Crippen LogP contribution in [0.15, 0.2) is 79.0 Å². The molecule has 4 aliphatic heterocycles. The van der Waals surface area contributed by atoms with E-state index < -0.39 is 17.5 Å². The molecular weight excluding hydrogens is 769 g/mol. The van der Waals surface area contributed by atoms with Crippen LogP contribution in [0.4, 0.5) is 30.8 Å². The number of amides is 4. The number of hydrogen-bond donors (Lipinski definition) is 3. The third-order valence-corrected chi connectivity index (χ3v) is 12.9. The summed E-state index contributed by atoms with van der Waals surface area (Å²) >= 11 is 0. The molecule has 0 bridgehead atoms. The number of halogens is 2. The molecule has 2 aromatic heterocycles. The van der Waals surface area contributed by atoms with E-state index in [0.717, 1.165) is 60.9 Å². The van der Waals surface area contributed by atoms with Crippen LogP contribution in [-0.4, -0.2) is 106 Å². The van der Waals surface area contributed by atoms with Gasteiger partial charge in [0.1, 0.15) is 17.2 Å². The maximum Gasteiger partial charge on any atom is 0.328 e. The van der Waals surface area contributed by atoms with Crippen LogP contribution in [0.2, 0.25) is 0 Å². The quantitative estimate of drug-likeness (QED) is 0.157. The smallest absolute Gasteiger partial charge is 0.328 e. The Balaban J connectivity index is 0.767. The molecule has 0 saturated carbocycles. The zero-order chi connectivity index (χ0) is 41.5. The number of nitrogens with one attached hydrogen (secondary N) is 1. The van der Waals surface area contributed by atoms with E-state index in [1.165, 1.54) is 11.0 Å². The van der Waals surface area contributed by atoms with Gasteiger partial charge in [-0.25, -0.2) is 13.6 Å². The van der Waals surface area contributed by atoms with Crippen LogP contribution in [0.25, 0.3) is 22.2 Å². The maximum atomic E-state index is 16.3. The van der Waals surface area contributed by atoms with Crippen molar-refractivity contribution in [2.75, 3.05) is 67.9 Å². The van der Waals surface area contributed by atoms with E-state index in [0.29, 0.717) is 55.4 Å². The molecule has 4 amide bonds. The normalized spacial score (nSPS) is 20.4. The van der Waals surface area contributed by atoms with Crippen LogP contribution >= 0.6 is 0 Å². The maximum absolute atomic E-state index is 16.3. The van der Waals surface area contributed by atoms with E-state index >= 15 is 8.78 Å². The molecule has 0 spiro atoms. The van der Waals surface area contributed by atoms with E-state index in [2.05, 4.69) is 29.9 Å². The number of hydrogen-bond acceptors (Lipinski definition) is 9. The van der Waals surface area contributed by atoms with Gasteiger partial charge in [-0.2, -0.15) is 0 Å². The fourth-order valence-electron chi connectivity index (χ4n) is 9.52. The summed E-state index contributed by atoms with van der Waals surface area (Å²) in [6.45, 7) is 4.11. The fourth-order valence-corrected chi connectivity index (χ4v) is 9.52. The van der Waals surface area contributed by atoms with Gasteiger partial charge in [0.15, 0.2) is 5.82 Å². The number of benzene rings is 3. The lowest BCUT2D eigenvalue weighted by Crippen LogP contribution is -2.51. The number of urea groups is 1. The van der Waals surface area contributed by atoms with Crippen LogP contribution in [-0.2, 0) is 4.79 Å². The predicted molar refractivity (Wildman–Crippen MR) is 225 cm³/mol. The number of nitrogens with two attached hydrogens (primary N) is 1. The van der Waals surface area contributed by atoms with E-state index in [-0.39, 0.29) is 61.0 Å². The summed E-state index contributed by atoms with van der Waals surface area (Å²) < 4.78 is 33.7. The molecule has 3 aromatic carbocycles. The number of rotatable bonds is 8. The van der Waals surface area contributed by atoms with Gasteiger partial charge in [0, 0.05) is 112 Å². The van der Waals surface area contributed by atoms with Crippen LogP contribution in [0.3, 0.4) is 0 Å². The van der Waals surface area contributed by atoms with Crippen molar-refractivity contribution in [3.05, 3.63) is 95.9 Å². The number of nitrogens with zero attached hydrogens (tertiary/aromatic N) is 7. The highest BCUT2D eigenvalue weighted by Crippen LogP contribution is 2.37. The topological polar surface area (TPSA) is 153 Å². The van der Waals surface area contributed by atoms with Crippen molar-refractivity contribution >= 4 is 45.9 Å². The Bertz CT molecular complexity index is 2430. The van der Waals surface area contributed by atoms with Crippen molar-refractivity contribution in [2.45, 2.75) is 62.6 Å². The van der Waals surface area contributed by atoms with Crippen LogP contribution < -0.4 is 20.9 Å². The molecule has 5 aromatic rings. The molecule has 6 heterocycles. The standard InChI is InChI=1S/C45H49F2N9O4/c46-35-25-37-31(24-38(35)56-21-14-41(58)49-44(56)60)11-20-55(37)33-12-18-52(19-13-33)28-45(47)15-22-53(23-16-45)43(59)30-9-7-29(8-10-30)32-4-3-17-54(27-32)39-26-36(50-51-42(39)48)34-5-1-2-6-40(34)57/h1-2,5-11,20,24-26,32-33,57H,3-4,12-19,21-23,27-28H2,(H2,48,51)(H,49,58,60)/t32-/m0/s1. The van der Waals surface area contributed by atoms with Crippen molar-refractivity contribution in [1.82, 2.24) is 29.9 Å². The summed E-state index contributed by atoms with van der Waals surface area (Å²) in [5.74, 6) is -0.287. The molecule has 0 aliphatic carbocycles. The van der Waals surface area contributed by atoms with Crippen LogP contribution in [0, 0.1) is 5.82 Å². The lowest BCUT2D eigenvalue weighted by molar-refractivity contribution is -0.120. The second-order valence-electron chi connectivity index (χ2n) is 16.7. The Morgan fingerprint density at radius 1 is 0.900 bits per heavy atom. The van der Waals surface area contributed by atoms with Gasteiger partial charge in [-0.1, -0.05) is 24.3 Å². The fraction of sp³-hybridized carbons (Fsp3) is 0.400. The molecule has 4 fully saturated rings. The van der Waals surface area contributed by atoms with Gasteiger partial charge < -0.3 is 30.1 Å². The largest absolute Gasteiger partial charge is 0.507 e. The number of phenolic OH excluding ortho intramolecular Hbond substituents is 1. The van der Waals surface area contributed by atoms with E-state index in [9.17, 15) is 19.5 Å². The number of phenols is 1. The van der Waals surface area contributed by atoms with Crippen molar-refractivity contribution in [1.29, 1.82) is 0 Å². The van der Waals surface area contributed by atoms with Gasteiger partial charge in [0.2, 0.25) is 5.91 Å². The zero-order valence-electron chi connectivity index (χ0n) is 33.4. The Hall–Kier alpha value is -6.09. The second-order valence-corrected chi connectivity index (χ2v) is 16.7. The lowest BCUT2D eigenvalue weighted by Gasteiger charge is -2.41. The SMILES string of the molecule is Nc1nnc(-c2ccccc2O)cc1N1CCC[C@H](c2ccc(C(=O)N3CCC(F)(CN4CCC(n5ccc6cc(N7CCC(=O)NC7=O)c(F)cc65)CC4)CC3)cc2)C1. The first kappa shape index (κ1) is 39.4. The van der Waals surface area contributed by atoms with Gasteiger partial charge in [-0.05, 0) is 73.7 Å². The number of alkyl halides is 1. The molecular formula is C45H49F2N9O4. The van der Waals surface area contributed by atoms with E-state index in [4.69, 9.17) is 5.73 Å². The number of aromatic hydroxyl groups is 1. The molecule has 0 unspecified atom stereocenters. The summed E-state index contributed by atoms with van der Waals surface area (Å²) in [5, 5.41) is 21.9. The summed E-state index contributed by atoms with van der Waals surface area (Å²) in [6.07, 6.45) is 6.14. The Morgan fingerprint density at radius 3 is 2.42 bits per heavy atom. The minimum atomic E-state index is -1.39. The summed E-state index contributed by atoms with van der Waals surface area (Å²) in [4.78, 5) is 45.0. The van der Waals surface area contributed by atoms with Gasteiger partial charge >= 0.3 is 6.03 Å². The zero-order valence-corrected chi connectivity index (χ0v) is 33.4. The highest BCUT2D eigenvalue weighted by Gasteiger charge is 2.39. The molecule has 60 heavy (non-hydrogen) atoms. The third-order valence-electron chi connectivity index (χ3n) is 12.9. The summed E-state index contributed by atoms with van der Waals surface area (Å²) in [5.41, 5.74) is 9.46. The number of carbonyl (C=O) groups is 3. The summed E-state index contributed by atoms with van der Waals surface area (Å²) in [7, 11) is 0. The first-order valence-electron chi connectivity index (χ1n) is 20.9. The highest BCUT2D eigenvalue weighted by atomic mass is 19.1. The van der Waals surface area contributed by atoms with Crippen molar-refractivity contribution in [3.8, 4) is 17.0 Å². The molecule has 0 radical (unpaired) electrons. The average Bonchev–Trinajstić information content (AvgIpc) is 3.67. The monoisotopic (exact) mass is 817 g/mol.